The molecule has 1 amide bonds. The first-order valence-electron chi connectivity index (χ1n) is 8.00. The summed E-state index contributed by atoms with van der Waals surface area (Å²) in [5.74, 6) is -2.62. The predicted molar refractivity (Wildman–Crippen MR) is 85.4 cm³/mol. The van der Waals surface area contributed by atoms with Crippen molar-refractivity contribution in [2.24, 2.45) is 0 Å². The summed E-state index contributed by atoms with van der Waals surface area (Å²) in [7, 11) is 0. The molecule has 0 radical (unpaired) electrons. The van der Waals surface area contributed by atoms with Crippen molar-refractivity contribution in [2.75, 3.05) is 6.61 Å². The van der Waals surface area contributed by atoms with Crippen molar-refractivity contribution in [2.45, 2.75) is 30.7 Å². The smallest absolute Gasteiger partial charge is 0.262 e. The third-order valence-corrected chi connectivity index (χ3v) is 4.63. The van der Waals surface area contributed by atoms with Crippen LogP contribution in [0, 0.1) is 11.6 Å². The number of aromatic nitrogens is 1. The molecule has 0 bridgehead atoms. The van der Waals surface area contributed by atoms with E-state index in [0.717, 1.165) is 12.1 Å². The molecule has 1 aliphatic carbocycles. The molecule has 0 fully saturated rings. The Morgan fingerprint density at radius 3 is 2.73 bits per heavy atom. The van der Waals surface area contributed by atoms with Crippen LogP contribution in [0.3, 0.4) is 0 Å². The minimum absolute atomic E-state index is 0.0115. The topological polar surface area (TPSA) is 82.5 Å². The molecule has 5 nitrogen and oxygen atoms in total. The van der Waals surface area contributed by atoms with Crippen molar-refractivity contribution < 1.29 is 28.2 Å². The van der Waals surface area contributed by atoms with E-state index in [1.165, 1.54) is 18.3 Å². The minimum atomic E-state index is -2.48. The second-order valence-electron chi connectivity index (χ2n) is 6.31. The average molecular weight is 366 g/mol. The number of aliphatic hydroxyl groups excluding tert-OH is 1. The van der Waals surface area contributed by atoms with Gasteiger partial charge in [-0.05, 0) is 25.0 Å². The fourth-order valence-corrected chi connectivity index (χ4v) is 3.10. The van der Waals surface area contributed by atoms with E-state index in [9.17, 15) is 23.8 Å². The van der Waals surface area contributed by atoms with Crippen LogP contribution in [0.2, 0.25) is 0 Å². The molecule has 1 aromatic heterocycles. The third-order valence-electron chi connectivity index (χ3n) is 4.63. The summed E-state index contributed by atoms with van der Waals surface area (Å²) in [6.45, 7) is -0.980. The number of benzene rings is 1. The minimum Gasteiger partial charge on any atom is -0.393 e. The Bertz CT molecular complexity index is 848. The van der Waals surface area contributed by atoms with Gasteiger partial charge < -0.3 is 15.5 Å². The summed E-state index contributed by atoms with van der Waals surface area (Å²) >= 11 is 0. The van der Waals surface area contributed by atoms with Crippen LogP contribution in [0.5, 0.6) is 0 Å². The van der Waals surface area contributed by atoms with Crippen LogP contribution < -0.4 is 5.32 Å². The standard InChI is InChI=1S/C18H17F3N2O3/c19-12-4-3-11(14(20)8-12)9-23-16(25)18(21)6-5-17(26,10-24)15-13(18)2-1-7-22-15/h1-4,7-8,24,26H,5-6,9-10H2,(H,23,25). The van der Waals surface area contributed by atoms with E-state index in [2.05, 4.69) is 10.3 Å². The van der Waals surface area contributed by atoms with Crippen LogP contribution in [0.4, 0.5) is 13.2 Å². The molecule has 1 heterocycles. The van der Waals surface area contributed by atoms with Gasteiger partial charge in [0.1, 0.15) is 17.2 Å². The Balaban J connectivity index is 1.85. The van der Waals surface area contributed by atoms with Gasteiger partial charge in [0.2, 0.25) is 5.67 Å². The predicted octanol–water partition coefficient (Wildman–Crippen LogP) is 1.81. The van der Waals surface area contributed by atoms with Crippen LogP contribution in [0.15, 0.2) is 36.5 Å². The molecular weight excluding hydrogens is 349 g/mol. The van der Waals surface area contributed by atoms with Crippen molar-refractivity contribution in [1.29, 1.82) is 0 Å². The molecule has 8 heteroatoms. The van der Waals surface area contributed by atoms with E-state index in [0.29, 0.717) is 6.07 Å². The van der Waals surface area contributed by atoms with Gasteiger partial charge >= 0.3 is 0 Å². The molecule has 2 unspecified atom stereocenters. The highest BCUT2D eigenvalue weighted by molar-refractivity contribution is 5.87. The van der Waals surface area contributed by atoms with Gasteiger partial charge in [-0.3, -0.25) is 9.78 Å². The number of hydrogen-bond donors (Lipinski definition) is 3. The van der Waals surface area contributed by atoms with E-state index in [-0.39, 0.29) is 36.2 Å². The van der Waals surface area contributed by atoms with E-state index in [4.69, 9.17) is 0 Å². The van der Waals surface area contributed by atoms with Crippen LogP contribution in [0.1, 0.15) is 29.7 Å². The molecule has 1 aliphatic rings. The molecule has 3 rings (SSSR count). The lowest BCUT2D eigenvalue weighted by Gasteiger charge is -2.38. The monoisotopic (exact) mass is 366 g/mol. The number of carbonyl (C=O) groups excluding carboxylic acids is 1. The van der Waals surface area contributed by atoms with Gasteiger partial charge in [0.25, 0.3) is 5.91 Å². The molecule has 2 atom stereocenters. The van der Waals surface area contributed by atoms with Gasteiger partial charge in [-0.2, -0.15) is 0 Å². The number of alkyl halides is 1. The third kappa shape index (κ3) is 3.06. The van der Waals surface area contributed by atoms with Gasteiger partial charge in [0.05, 0.1) is 12.3 Å². The largest absolute Gasteiger partial charge is 0.393 e. The van der Waals surface area contributed by atoms with E-state index in [1.54, 1.807) is 0 Å². The highest BCUT2D eigenvalue weighted by Crippen LogP contribution is 2.45. The van der Waals surface area contributed by atoms with Gasteiger partial charge in [0.15, 0.2) is 0 Å². The first-order chi connectivity index (χ1) is 12.3. The maximum absolute atomic E-state index is 15.5. The number of nitrogens with one attached hydrogen (secondary N) is 1. The lowest BCUT2D eigenvalue weighted by Crippen LogP contribution is -2.49. The first kappa shape index (κ1) is 18.3. The summed E-state index contributed by atoms with van der Waals surface area (Å²) in [6.07, 6.45) is 0.750. The number of amides is 1. The molecule has 26 heavy (non-hydrogen) atoms. The molecular formula is C18H17F3N2O3. The van der Waals surface area contributed by atoms with Crippen LogP contribution in [-0.4, -0.2) is 27.7 Å². The molecule has 0 saturated heterocycles. The van der Waals surface area contributed by atoms with E-state index in [1.807, 2.05) is 0 Å². The molecule has 0 aliphatic heterocycles. The number of hydrogen-bond acceptors (Lipinski definition) is 4. The van der Waals surface area contributed by atoms with Gasteiger partial charge in [0, 0.05) is 29.9 Å². The number of nitrogens with zero attached hydrogens (tertiary/aromatic N) is 1. The lowest BCUT2D eigenvalue weighted by atomic mass is 9.74. The van der Waals surface area contributed by atoms with Gasteiger partial charge in [-0.25, -0.2) is 13.2 Å². The zero-order valence-corrected chi connectivity index (χ0v) is 13.7. The van der Waals surface area contributed by atoms with Crippen LogP contribution in [0.25, 0.3) is 0 Å². The summed E-state index contributed by atoms with van der Waals surface area (Å²) in [6, 6.07) is 5.62. The molecule has 1 aromatic carbocycles. The van der Waals surface area contributed by atoms with Gasteiger partial charge in [-0.15, -0.1) is 0 Å². The number of aliphatic hydroxyl groups is 2. The van der Waals surface area contributed by atoms with Crippen molar-refractivity contribution in [3.05, 3.63) is 65.0 Å². The molecule has 3 N–H and O–H groups in total. The Morgan fingerprint density at radius 1 is 1.27 bits per heavy atom. The normalized spacial score (nSPS) is 24.8. The number of pyridine rings is 1. The number of fused-ring (bicyclic) bond motifs is 1. The molecule has 0 saturated carbocycles. The second-order valence-corrected chi connectivity index (χ2v) is 6.31. The van der Waals surface area contributed by atoms with E-state index < -0.39 is 35.4 Å². The summed E-state index contributed by atoms with van der Waals surface area (Å²) in [5.41, 5.74) is -4.44. The van der Waals surface area contributed by atoms with Crippen molar-refractivity contribution >= 4 is 5.91 Å². The molecule has 2 aromatic rings. The zero-order chi connectivity index (χ0) is 18.9. The van der Waals surface area contributed by atoms with Gasteiger partial charge in [-0.1, -0.05) is 12.1 Å². The fourth-order valence-electron chi connectivity index (χ4n) is 3.10. The van der Waals surface area contributed by atoms with Crippen molar-refractivity contribution in [1.82, 2.24) is 10.3 Å². The number of halogens is 3. The van der Waals surface area contributed by atoms with E-state index >= 15 is 4.39 Å². The average Bonchev–Trinajstić information content (AvgIpc) is 2.64. The summed E-state index contributed by atoms with van der Waals surface area (Å²) in [4.78, 5) is 16.4. The second kappa shape index (κ2) is 6.69. The Labute approximate surface area is 147 Å². The lowest BCUT2D eigenvalue weighted by molar-refractivity contribution is -0.138. The SMILES string of the molecule is O=C(NCc1ccc(F)cc1F)C1(F)CCC(O)(CO)c2ncccc21. The quantitative estimate of drug-likeness (QED) is 0.771. The van der Waals surface area contributed by atoms with Crippen molar-refractivity contribution in [3.8, 4) is 0 Å². The number of rotatable bonds is 4. The Morgan fingerprint density at radius 2 is 2.04 bits per heavy atom. The molecule has 138 valence electrons. The van der Waals surface area contributed by atoms with Crippen LogP contribution in [-0.2, 0) is 22.6 Å². The fraction of sp³-hybridized carbons (Fsp3) is 0.333. The summed E-state index contributed by atoms with van der Waals surface area (Å²) in [5, 5.41) is 22.2. The maximum Gasteiger partial charge on any atom is 0.262 e. The highest BCUT2D eigenvalue weighted by Gasteiger charge is 2.51. The highest BCUT2D eigenvalue weighted by atomic mass is 19.1. The number of carbonyl (C=O) groups is 1. The first-order valence-corrected chi connectivity index (χ1v) is 8.00. The molecule has 0 spiro atoms. The van der Waals surface area contributed by atoms with Crippen LogP contribution >= 0.6 is 0 Å². The Kier molecular flexibility index (Phi) is 4.72. The maximum atomic E-state index is 15.5. The van der Waals surface area contributed by atoms with Crippen molar-refractivity contribution in [3.63, 3.8) is 0 Å². The summed E-state index contributed by atoms with van der Waals surface area (Å²) < 4.78 is 42.1. The zero-order valence-electron chi connectivity index (χ0n) is 13.7. The Hall–Kier alpha value is -2.45.